The Kier molecular flexibility index (Phi) is 2.10. The lowest BCUT2D eigenvalue weighted by molar-refractivity contribution is -0.135. The summed E-state index contributed by atoms with van der Waals surface area (Å²) in [5.74, 6) is -0.670. The number of cyclic esters (lactones) is 2. The average Bonchev–Trinajstić information content (AvgIpc) is 2.65. The van der Waals surface area contributed by atoms with Crippen LogP contribution in [0.5, 0.6) is 0 Å². The van der Waals surface area contributed by atoms with E-state index >= 15 is 0 Å². The van der Waals surface area contributed by atoms with Gasteiger partial charge in [0.1, 0.15) is 10.5 Å². The molecule has 0 aromatic carbocycles. The van der Waals surface area contributed by atoms with Gasteiger partial charge in [-0.05, 0) is 12.2 Å². The summed E-state index contributed by atoms with van der Waals surface area (Å²) in [7, 11) is 0. The Morgan fingerprint density at radius 2 is 1.46 bits per heavy atom. The Balaban J connectivity index is 1.97. The van der Waals surface area contributed by atoms with Gasteiger partial charge in [-0.3, -0.25) is 9.59 Å². The van der Waals surface area contributed by atoms with Gasteiger partial charge in [-0.15, -0.1) is 11.8 Å². The summed E-state index contributed by atoms with van der Waals surface area (Å²) in [6, 6.07) is 0. The molecule has 2 atom stereocenters. The molecule has 0 aromatic rings. The van der Waals surface area contributed by atoms with Crippen LogP contribution in [0.2, 0.25) is 0 Å². The SMILES string of the molecule is O=C1OC=CC1SC1C=COC1=O. The lowest BCUT2D eigenvalue weighted by Gasteiger charge is -2.06. The molecule has 4 nitrogen and oxygen atoms in total. The van der Waals surface area contributed by atoms with Crippen LogP contribution in [0.15, 0.2) is 24.7 Å². The second-order valence-electron chi connectivity index (χ2n) is 2.51. The van der Waals surface area contributed by atoms with Crippen LogP contribution in [0.1, 0.15) is 0 Å². The van der Waals surface area contributed by atoms with Crippen LogP contribution in [0.3, 0.4) is 0 Å². The van der Waals surface area contributed by atoms with E-state index in [1.54, 1.807) is 12.2 Å². The highest BCUT2D eigenvalue weighted by atomic mass is 32.2. The van der Waals surface area contributed by atoms with Gasteiger partial charge >= 0.3 is 11.9 Å². The van der Waals surface area contributed by atoms with Crippen LogP contribution in [0, 0.1) is 0 Å². The van der Waals surface area contributed by atoms with Crippen LogP contribution < -0.4 is 0 Å². The molecule has 0 saturated heterocycles. The molecule has 0 aromatic heterocycles. The Labute approximate surface area is 78.6 Å². The van der Waals surface area contributed by atoms with E-state index in [-0.39, 0.29) is 22.4 Å². The van der Waals surface area contributed by atoms with Crippen LogP contribution in [0.25, 0.3) is 0 Å². The highest BCUT2D eigenvalue weighted by Crippen LogP contribution is 2.27. The number of thioether (sulfide) groups is 1. The fourth-order valence-corrected chi connectivity index (χ4v) is 1.97. The molecule has 2 aliphatic rings. The molecule has 0 aliphatic carbocycles. The maximum absolute atomic E-state index is 11.0. The summed E-state index contributed by atoms with van der Waals surface area (Å²) in [5, 5.41) is -0.777. The smallest absolute Gasteiger partial charge is 0.327 e. The summed E-state index contributed by atoms with van der Waals surface area (Å²) in [6.07, 6.45) is 5.91. The minimum Gasteiger partial charge on any atom is -0.434 e. The second kappa shape index (κ2) is 3.26. The van der Waals surface area contributed by atoms with Crippen molar-refractivity contribution < 1.29 is 19.1 Å². The van der Waals surface area contributed by atoms with Crippen LogP contribution in [-0.2, 0) is 19.1 Å². The molecule has 2 aliphatic heterocycles. The zero-order valence-electron chi connectivity index (χ0n) is 6.51. The summed E-state index contributed by atoms with van der Waals surface area (Å²) in [4.78, 5) is 22.0. The highest BCUT2D eigenvalue weighted by Gasteiger charge is 2.31. The van der Waals surface area contributed by atoms with Crippen molar-refractivity contribution in [2.24, 2.45) is 0 Å². The first-order valence-corrected chi connectivity index (χ1v) is 4.61. The van der Waals surface area contributed by atoms with E-state index < -0.39 is 0 Å². The van der Waals surface area contributed by atoms with E-state index in [9.17, 15) is 9.59 Å². The van der Waals surface area contributed by atoms with Gasteiger partial charge in [-0.1, -0.05) is 0 Å². The van der Waals surface area contributed by atoms with E-state index in [4.69, 9.17) is 0 Å². The number of rotatable bonds is 2. The molecular formula is C8H6O4S. The molecule has 2 unspecified atom stereocenters. The predicted octanol–water partition coefficient (Wildman–Crippen LogP) is 0.598. The number of carbonyl (C=O) groups is 2. The molecule has 0 bridgehead atoms. The fraction of sp³-hybridized carbons (Fsp3) is 0.250. The van der Waals surface area contributed by atoms with Gasteiger partial charge in [0, 0.05) is 0 Å². The quantitative estimate of drug-likeness (QED) is 0.608. The average molecular weight is 198 g/mol. The molecule has 2 heterocycles. The van der Waals surface area contributed by atoms with Crippen molar-refractivity contribution in [1.82, 2.24) is 0 Å². The molecule has 5 heteroatoms. The molecule has 68 valence electrons. The standard InChI is InChI=1S/C8H6O4S/c9-7-5(1-3-11-7)13-6-2-4-12-8(6)10/h1-6H. The van der Waals surface area contributed by atoms with Crippen molar-refractivity contribution >= 4 is 23.7 Å². The van der Waals surface area contributed by atoms with Gasteiger partial charge in [0.05, 0.1) is 12.5 Å². The normalized spacial score (nSPS) is 30.8. The maximum Gasteiger partial charge on any atom is 0.327 e. The molecule has 0 radical (unpaired) electrons. The zero-order valence-corrected chi connectivity index (χ0v) is 7.32. The Morgan fingerprint density at radius 1 is 1.00 bits per heavy atom. The van der Waals surface area contributed by atoms with Gasteiger partial charge in [0.15, 0.2) is 0 Å². The number of esters is 2. The van der Waals surface area contributed by atoms with Gasteiger partial charge in [0.25, 0.3) is 0 Å². The lowest BCUT2D eigenvalue weighted by atomic mass is 10.4. The van der Waals surface area contributed by atoms with Crippen molar-refractivity contribution in [1.29, 1.82) is 0 Å². The number of ether oxygens (including phenoxy) is 2. The van der Waals surface area contributed by atoms with Crippen LogP contribution in [0.4, 0.5) is 0 Å². The van der Waals surface area contributed by atoms with Gasteiger partial charge < -0.3 is 9.47 Å². The Bertz CT molecular complexity index is 277. The lowest BCUT2D eigenvalue weighted by Crippen LogP contribution is -2.18. The van der Waals surface area contributed by atoms with Gasteiger partial charge in [-0.25, -0.2) is 0 Å². The van der Waals surface area contributed by atoms with Gasteiger partial charge in [-0.2, -0.15) is 0 Å². The van der Waals surface area contributed by atoms with E-state index in [1.807, 2.05) is 0 Å². The predicted molar refractivity (Wildman–Crippen MR) is 45.6 cm³/mol. The molecule has 0 amide bonds. The second-order valence-corrected chi connectivity index (χ2v) is 3.80. The molecular weight excluding hydrogens is 192 g/mol. The van der Waals surface area contributed by atoms with E-state index in [0.29, 0.717) is 0 Å². The molecule has 0 saturated carbocycles. The molecule has 0 N–H and O–H groups in total. The Morgan fingerprint density at radius 3 is 1.77 bits per heavy atom. The molecule has 13 heavy (non-hydrogen) atoms. The van der Waals surface area contributed by atoms with E-state index in [1.165, 1.54) is 24.3 Å². The number of hydrogen-bond donors (Lipinski definition) is 0. The third-order valence-electron chi connectivity index (χ3n) is 1.63. The number of hydrogen-bond acceptors (Lipinski definition) is 5. The zero-order chi connectivity index (χ0) is 9.26. The van der Waals surface area contributed by atoms with E-state index in [0.717, 1.165) is 0 Å². The van der Waals surface area contributed by atoms with Crippen molar-refractivity contribution in [3.63, 3.8) is 0 Å². The Hall–Kier alpha value is -1.23. The summed E-state index contributed by atoms with van der Waals surface area (Å²) in [6.45, 7) is 0. The summed E-state index contributed by atoms with van der Waals surface area (Å²) < 4.78 is 9.19. The molecule has 0 fully saturated rings. The van der Waals surface area contributed by atoms with Gasteiger partial charge in [0.2, 0.25) is 0 Å². The minimum absolute atomic E-state index is 0.335. The molecule has 0 spiro atoms. The largest absolute Gasteiger partial charge is 0.434 e. The first kappa shape index (κ1) is 8.37. The fourth-order valence-electron chi connectivity index (χ4n) is 1.01. The van der Waals surface area contributed by atoms with E-state index in [2.05, 4.69) is 9.47 Å². The van der Waals surface area contributed by atoms with Crippen LogP contribution >= 0.6 is 11.8 Å². The maximum atomic E-state index is 11.0. The highest BCUT2D eigenvalue weighted by molar-refractivity contribution is 8.02. The first-order chi connectivity index (χ1) is 6.27. The minimum atomic E-state index is -0.389. The third-order valence-corrected chi connectivity index (χ3v) is 2.92. The number of carbonyl (C=O) groups excluding carboxylic acids is 2. The van der Waals surface area contributed by atoms with Crippen molar-refractivity contribution in [3.05, 3.63) is 24.7 Å². The monoisotopic (exact) mass is 198 g/mol. The first-order valence-electron chi connectivity index (χ1n) is 3.67. The summed E-state index contributed by atoms with van der Waals surface area (Å²) >= 11 is 1.21. The van der Waals surface area contributed by atoms with Crippen LogP contribution in [-0.4, -0.2) is 22.4 Å². The van der Waals surface area contributed by atoms with Crippen molar-refractivity contribution in [3.8, 4) is 0 Å². The summed E-state index contributed by atoms with van der Waals surface area (Å²) in [5.41, 5.74) is 0. The third kappa shape index (κ3) is 1.60. The topological polar surface area (TPSA) is 52.6 Å². The molecule has 2 rings (SSSR count). The van der Waals surface area contributed by atoms with Crippen molar-refractivity contribution in [2.75, 3.05) is 0 Å². The van der Waals surface area contributed by atoms with Crippen molar-refractivity contribution in [2.45, 2.75) is 10.5 Å².